The predicted molar refractivity (Wildman–Crippen MR) is 495 cm³/mol. The first-order valence-electron chi connectivity index (χ1n) is 44.0. The maximum Gasteiger partial charge on any atom is 0.253 e. The van der Waals surface area contributed by atoms with Crippen LogP contribution in [0.5, 0.6) is 0 Å². The average molecular weight is 1710 g/mol. The predicted octanol–water partition coefficient (Wildman–Crippen LogP) is 11.9. The molecule has 9 amide bonds. The summed E-state index contributed by atoms with van der Waals surface area (Å²) in [7, 11) is 1.66. The zero-order valence-corrected chi connectivity index (χ0v) is 75.6. The van der Waals surface area contributed by atoms with Crippen molar-refractivity contribution in [3.63, 3.8) is 0 Å². The molecule has 7 aromatic rings. The molecule has 0 saturated heterocycles. The third kappa shape index (κ3) is 36.1. The lowest BCUT2D eigenvalue weighted by atomic mass is 9.99. The molecule has 670 valence electrons. The highest BCUT2D eigenvalue weighted by molar-refractivity contribution is 6.02. The summed E-state index contributed by atoms with van der Waals surface area (Å²) in [5.41, 5.74) is 15.3. The molecule has 7 aromatic carbocycles. The highest BCUT2D eigenvalue weighted by atomic mass is 16.3. The number of terminal acetylenes is 3. The topological polar surface area (TPSA) is 306 Å². The van der Waals surface area contributed by atoms with E-state index in [9.17, 15) is 58.5 Å². The number of carbonyl (C=O) groups is 9. The van der Waals surface area contributed by atoms with Crippen molar-refractivity contribution in [2.45, 2.75) is 197 Å². The van der Waals surface area contributed by atoms with Gasteiger partial charge in [-0.2, -0.15) is 0 Å². The molecule has 0 spiro atoms. The Morgan fingerprint density at radius 1 is 0.352 bits per heavy atom. The number of rotatable bonds is 47. The fourth-order valence-electron chi connectivity index (χ4n) is 13.8. The van der Waals surface area contributed by atoms with E-state index >= 15 is 0 Å². The van der Waals surface area contributed by atoms with Gasteiger partial charge < -0.3 is 46.0 Å². The molecule has 0 saturated carbocycles. The number of likely N-dealkylation sites (N-methyl/N-ethyl adjacent to an activating group) is 2. The molecule has 7 rings (SSSR count). The van der Waals surface area contributed by atoms with Crippen LogP contribution in [-0.2, 0) is 40.1 Å². The number of aliphatic hydroxyl groups excluding tert-OH is 3. The Balaban J connectivity index is 0.000000334. The summed E-state index contributed by atoms with van der Waals surface area (Å²) in [5, 5.41) is 47.7. The van der Waals surface area contributed by atoms with Crippen LogP contribution < -0.4 is 32.2 Å². The van der Waals surface area contributed by atoms with Crippen LogP contribution in [0.25, 0.3) is 0 Å². The fraction of sp³-hybridized carbons (Fsp3) is 0.436. The molecule has 24 heteroatoms. The number of unbranched alkanes of at least 4 members (excludes halogenated alkanes) is 1. The normalized spacial score (nSPS) is 12.4. The van der Waals surface area contributed by atoms with Crippen molar-refractivity contribution in [1.29, 1.82) is 0 Å². The van der Waals surface area contributed by atoms with Crippen molar-refractivity contribution in [3.8, 4) is 37.0 Å². The number of hydrogen-bond donors (Lipinski definition) is 9. The molecule has 0 aliphatic rings. The molecule has 9 N–H and O–H groups in total. The van der Waals surface area contributed by atoms with Crippen LogP contribution in [0.2, 0.25) is 0 Å². The number of nitrogens with zero attached hydrogens (tertiary/aromatic N) is 6. The summed E-state index contributed by atoms with van der Waals surface area (Å²) in [6.45, 7) is 28.2. The van der Waals surface area contributed by atoms with Crippen molar-refractivity contribution in [2.75, 3.05) is 79.0 Å². The van der Waals surface area contributed by atoms with Gasteiger partial charge in [-0.15, -0.1) is 19.3 Å². The molecule has 125 heavy (non-hydrogen) atoms. The quantitative estimate of drug-likeness (QED) is 0.0127. The second-order valence-electron chi connectivity index (χ2n) is 31.9. The van der Waals surface area contributed by atoms with Gasteiger partial charge in [0.15, 0.2) is 0 Å². The van der Waals surface area contributed by atoms with Crippen molar-refractivity contribution in [1.82, 2.24) is 62.0 Å². The number of hydrazine groups is 3. The summed E-state index contributed by atoms with van der Waals surface area (Å²) in [6, 6.07) is 50.4. The van der Waals surface area contributed by atoms with Crippen LogP contribution in [0.15, 0.2) is 176 Å². The minimum atomic E-state index is -1.03. The molecule has 0 aliphatic carbocycles. The monoisotopic (exact) mass is 1710 g/mol. The number of benzene rings is 7. The smallest absolute Gasteiger partial charge is 0.253 e. The lowest BCUT2D eigenvalue weighted by Crippen LogP contribution is -2.53. The van der Waals surface area contributed by atoms with E-state index in [-0.39, 0.29) is 90.0 Å². The largest absolute Gasteiger partial charge is 0.390 e. The highest BCUT2D eigenvalue weighted by Gasteiger charge is 2.31. The van der Waals surface area contributed by atoms with E-state index in [4.69, 9.17) is 19.3 Å². The number of nitrogens with one attached hydrogen (secondary N) is 6. The first kappa shape index (κ1) is 104. The molecule has 0 fully saturated rings. The van der Waals surface area contributed by atoms with Gasteiger partial charge >= 0.3 is 0 Å². The van der Waals surface area contributed by atoms with E-state index in [0.29, 0.717) is 105 Å². The van der Waals surface area contributed by atoms with Crippen LogP contribution in [0, 0.1) is 48.9 Å². The number of aliphatic hydroxyl groups is 3. The van der Waals surface area contributed by atoms with Gasteiger partial charge in [-0.1, -0.05) is 229 Å². The Kier molecular flexibility index (Phi) is 46.6. The minimum absolute atomic E-state index is 0.0906. The van der Waals surface area contributed by atoms with E-state index in [1.807, 2.05) is 170 Å². The maximum absolute atomic E-state index is 13.8. The van der Waals surface area contributed by atoms with Crippen molar-refractivity contribution in [2.24, 2.45) is 11.8 Å². The summed E-state index contributed by atoms with van der Waals surface area (Å²) >= 11 is 0. The molecule has 24 nitrogen and oxygen atoms in total. The average Bonchev–Trinajstić information content (AvgIpc) is 0.828. The van der Waals surface area contributed by atoms with Crippen LogP contribution in [0.3, 0.4) is 0 Å². The second-order valence-corrected chi connectivity index (χ2v) is 31.9. The van der Waals surface area contributed by atoms with Crippen LogP contribution >= 0.6 is 0 Å². The molecule has 6 unspecified atom stereocenters. The van der Waals surface area contributed by atoms with E-state index in [0.717, 1.165) is 73.6 Å². The molecular weight excluding hydrogens is 1570 g/mol. The molecule has 0 radical (unpaired) electrons. The van der Waals surface area contributed by atoms with Crippen molar-refractivity contribution < 1.29 is 58.5 Å². The van der Waals surface area contributed by atoms with Gasteiger partial charge in [-0.05, 0) is 141 Å². The first-order chi connectivity index (χ1) is 60.0. The van der Waals surface area contributed by atoms with Gasteiger partial charge in [-0.3, -0.25) is 59.4 Å². The molecule has 0 bridgehead atoms. The van der Waals surface area contributed by atoms with Gasteiger partial charge in [0.1, 0.15) is 0 Å². The Labute approximate surface area is 742 Å². The van der Waals surface area contributed by atoms with Gasteiger partial charge in [0, 0.05) is 141 Å². The Morgan fingerprint density at radius 3 is 0.928 bits per heavy atom. The van der Waals surface area contributed by atoms with E-state index in [2.05, 4.69) is 56.9 Å². The Hall–Kier alpha value is -11.8. The van der Waals surface area contributed by atoms with E-state index < -0.39 is 54.2 Å². The third-order valence-electron chi connectivity index (χ3n) is 20.4. The highest BCUT2D eigenvalue weighted by Crippen LogP contribution is 2.21. The van der Waals surface area contributed by atoms with Crippen molar-refractivity contribution >= 4 is 53.2 Å². The Morgan fingerprint density at radius 2 is 0.640 bits per heavy atom. The third-order valence-corrected chi connectivity index (χ3v) is 20.4. The lowest BCUT2D eigenvalue weighted by Gasteiger charge is -2.30. The SMILES string of the molecule is C#Cc1cc(C(=O)NC(Cc2ccccc2)C(O)CN(C)NC(=O)C(C)C)cc(C(=O)N(CCC)CCC)c1.C#Cc1cc(C(=O)NC(Cc2ccccc2)C(O)CN(CC)NC(=O)C(C)C)cc(C(=O)N(CCC)CCC)c1.C#Cc1cc(C(=O)NC(Cc2ccccc2)C(O)CN(CCCC)NC(=O)Cc2ccccc2)cc(C(=O)N(CCC)CCC)c1. The molecule has 0 aromatic heterocycles. The molecular formula is C101H134N12O12. The number of carbonyl (C=O) groups excluding carboxylic acids is 9. The standard InChI is InChI=1S/C38H48N4O4.C32H44N4O4.C31H42N4O4/c1-5-9-22-42(40-36(44)26-31-18-14-11-15-19-31)28-35(43)34(25-30-16-12-10-13-17-30)39-37(45)32-23-29(8-4)24-33(27-32)38(46)41(20-6-2)21-7-3;1-7-16-35(17-8-2)32(40)27-19-24(9-3)18-26(21-27)31(39)33-28(20-25-14-12-11-13-15-25)29(37)22-36(10-4)34-30(38)23(5)6;1-7-15-35(16-8-2)31(39)26-18-23(9-3)17-25(20-26)30(38)32-27(19-24-13-11-10-12-14-24)28(36)21-34(6)33-29(37)22(4)5/h4,10-19,23-24,27,34-35,43H,5-7,9,20-22,25-26,28H2,1-3H3,(H,39,45)(H,40,44);3,11-15,18-19,21,23,28-29,37H,7-8,10,16-17,20,22H2,1-2,4-6H3,(H,33,39)(H,34,38);3,10-14,17-18,20,22,27-28,36H,7-8,15-16,19,21H2,1-2,4-6H3,(H,32,38)(H,33,37). The first-order valence-corrected chi connectivity index (χ1v) is 44.0. The van der Waals surface area contributed by atoms with Crippen LogP contribution in [-0.4, -0.2) is 214 Å². The number of amides is 9. The maximum atomic E-state index is 13.8. The zero-order valence-electron chi connectivity index (χ0n) is 75.6. The van der Waals surface area contributed by atoms with Crippen LogP contribution in [0.4, 0.5) is 0 Å². The minimum Gasteiger partial charge on any atom is -0.390 e. The van der Waals surface area contributed by atoms with Gasteiger partial charge in [0.2, 0.25) is 17.7 Å². The molecule has 0 heterocycles. The molecule has 6 atom stereocenters. The van der Waals surface area contributed by atoms with Crippen LogP contribution in [0.1, 0.15) is 236 Å². The lowest BCUT2D eigenvalue weighted by molar-refractivity contribution is -0.130. The molecule has 0 aliphatic heterocycles. The van der Waals surface area contributed by atoms with Gasteiger partial charge in [0.05, 0.1) is 42.9 Å². The second kappa shape index (κ2) is 56.2. The van der Waals surface area contributed by atoms with Crippen molar-refractivity contribution in [3.05, 3.63) is 248 Å². The Bertz CT molecular complexity index is 4650. The number of hydrogen-bond acceptors (Lipinski definition) is 15. The van der Waals surface area contributed by atoms with E-state index in [1.54, 1.807) is 114 Å². The van der Waals surface area contributed by atoms with Gasteiger partial charge in [0.25, 0.3) is 35.4 Å². The summed E-state index contributed by atoms with van der Waals surface area (Å²) in [4.78, 5) is 123. The van der Waals surface area contributed by atoms with Gasteiger partial charge in [-0.25, -0.2) is 15.0 Å². The fourth-order valence-corrected chi connectivity index (χ4v) is 13.8. The summed E-state index contributed by atoms with van der Waals surface area (Å²) in [6.07, 6.45) is 22.0. The summed E-state index contributed by atoms with van der Waals surface area (Å²) < 4.78 is 0. The van der Waals surface area contributed by atoms with E-state index in [1.165, 1.54) is 5.01 Å². The zero-order chi connectivity index (χ0) is 91.9. The summed E-state index contributed by atoms with van der Waals surface area (Å²) in [5.74, 6) is 4.88.